The summed E-state index contributed by atoms with van der Waals surface area (Å²) in [5.74, 6) is 2.33. The van der Waals surface area contributed by atoms with Crippen LogP contribution >= 0.6 is 0 Å². The van der Waals surface area contributed by atoms with Crippen LogP contribution in [-0.4, -0.2) is 28.0 Å². The van der Waals surface area contributed by atoms with Crippen LogP contribution in [0.2, 0.25) is 0 Å². The zero-order valence-corrected chi connectivity index (χ0v) is 16.7. The van der Waals surface area contributed by atoms with Gasteiger partial charge in [-0.05, 0) is 24.7 Å². The first kappa shape index (κ1) is 21.5. The molecule has 0 bridgehead atoms. The Balaban J connectivity index is 2.95. The fourth-order valence-electron chi connectivity index (χ4n) is 3.23. The highest BCUT2D eigenvalue weighted by molar-refractivity contribution is 5.39. The molecule has 0 spiro atoms. The van der Waals surface area contributed by atoms with E-state index in [0.29, 0.717) is 17.8 Å². The van der Waals surface area contributed by atoms with E-state index in [1.165, 1.54) is 38.5 Å². The van der Waals surface area contributed by atoms with Crippen LogP contribution in [0.5, 0.6) is 0 Å². The number of aromatic nitrogens is 3. The van der Waals surface area contributed by atoms with Gasteiger partial charge in [0, 0.05) is 13.1 Å². The summed E-state index contributed by atoms with van der Waals surface area (Å²) in [6.07, 6.45) is 9.81. The molecule has 0 aliphatic carbocycles. The van der Waals surface area contributed by atoms with Crippen molar-refractivity contribution in [2.24, 2.45) is 11.8 Å². The molecule has 0 amide bonds. The standard InChI is InChI=1S/C19H38N6/c1-5-9-11-15(7-3)13-25(14-16(8-4)12-10-6-2)19-23-17(20)22-18(21)24-19/h15-16H,5-14H2,1-4H3,(H4,20,21,22,23,24). The molecule has 0 radical (unpaired) electrons. The Morgan fingerprint density at radius 2 is 1.20 bits per heavy atom. The third kappa shape index (κ3) is 7.88. The van der Waals surface area contributed by atoms with Crippen LogP contribution in [0.25, 0.3) is 0 Å². The molecule has 1 aromatic heterocycles. The number of nitrogens with two attached hydrogens (primary N) is 2. The zero-order valence-electron chi connectivity index (χ0n) is 16.7. The summed E-state index contributed by atoms with van der Waals surface area (Å²) in [7, 11) is 0. The third-order valence-corrected chi connectivity index (χ3v) is 4.98. The molecule has 25 heavy (non-hydrogen) atoms. The highest BCUT2D eigenvalue weighted by Crippen LogP contribution is 2.22. The summed E-state index contributed by atoms with van der Waals surface area (Å²) in [4.78, 5) is 15.0. The number of nitrogen functional groups attached to an aromatic ring is 2. The monoisotopic (exact) mass is 350 g/mol. The largest absolute Gasteiger partial charge is 0.368 e. The van der Waals surface area contributed by atoms with E-state index >= 15 is 0 Å². The van der Waals surface area contributed by atoms with Gasteiger partial charge < -0.3 is 16.4 Å². The maximum Gasteiger partial charge on any atom is 0.231 e. The summed E-state index contributed by atoms with van der Waals surface area (Å²) in [5.41, 5.74) is 11.6. The van der Waals surface area contributed by atoms with Crippen molar-refractivity contribution in [1.29, 1.82) is 0 Å². The van der Waals surface area contributed by atoms with Gasteiger partial charge >= 0.3 is 0 Å². The average Bonchev–Trinajstić information content (AvgIpc) is 2.59. The molecule has 2 atom stereocenters. The summed E-state index contributed by atoms with van der Waals surface area (Å²) < 4.78 is 0. The number of rotatable bonds is 13. The molecular formula is C19H38N6. The van der Waals surface area contributed by atoms with E-state index < -0.39 is 0 Å². The lowest BCUT2D eigenvalue weighted by Crippen LogP contribution is -2.35. The van der Waals surface area contributed by atoms with Crippen molar-refractivity contribution in [3.8, 4) is 0 Å². The second-order valence-electron chi connectivity index (χ2n) is 7.09. The number of hydrogen-bond acceptors (Lipinski definition) is 6. The smallest absolute Gasteiger partial charge is 0.231 e. The second-order valence-corrected chi connectivity index (χ2v) is 7.09. The molecule has 1 heterocycles. The van der Waals surface area contributed by atoms with Crippen LogP contribution in [0.15, 0.2) is 0 Å². The second kappa shape index (κ2) is 11.9. The first-order valence-corrected chi connectivity index (χ1v) is 10.1. The molecule has 0 saturated carbocycles. The highest BCUT2D eigenvalue weighted by atomic mass is 15.3. The van der Waals surface area contributed by atoms with E-state index in [1.54, 1.807) is 0 Å². The molecule has 6 nitrogen and oxygen atoms in total. The summed E-state index contributed by atoms with van der Waals surface area (Å²) in [6.45, 7) is 10.9. The quantitative estimate of drug-likeness (QED) is 0.551. The number of unbranched alkanes of at least 4 members (excludes halogenated alkanes) is 2. The van der Waals surface area contributed by atoms with E-state index in [9.17, 15) is 0 Å². The Bertz CT molecular complexity index is 441. The van der Waals surface area contributed by atoms with Gasteiger partial charge in [-0.15, -0.1) is 0 Å². The topological polar surface area (TPSA) is 94.0 Å². The van der Waals surface area contributed by atoms with Crippen molar-refractivity contribution >= 4 is 17.8 Å². The third-order valence-electron chi connectivity index (χ3n) is 4.98. The molecule has 0 aliphatic rings. The van der Waals surface area contributed by atoms with Crippen molar-refractivity contribution in [1.82, 2.24) is 15.0 Å². The van der Waals surface area contributed by atoms with Crippen molar-refractivity contribution < 1.29 is 0 Å². The first-order chi connectivity index (χ1) is 12.0. The summed E-state index contributed by atoms with van der Waals surface area (Å²) >= 11 is 0. The maximum atomic E-state index is 5.82. The molecule has 2 unspecified atom stereocenters. The molecule has 0 aromatic carbocycles. The maximum absolute atomic E-state index is 5.82. The van der Waals surface area contributed by atoms with Crippen molar-refractivity contribution in [3.63, 3.8) is 0 Å². The van der Waals surface area contributed by atoms with E-state index in [4.69, 9.17) is 11.5 Å². The summed E-state index contributed by atoms with van der Waals surface area (Å²) in [5, 5.41) is 0. The minimum Gasteiger partial charge on any atom is -0.368 e. The minimum absolute atomic E-state index is 0.204. The van der Waals surface area contributed by atoms with Gasteiger partial charge in [-0.3, -0.25) is 0 Å². The van der Waals surface area contributed by atoms with Gasteiger partial charge in [0.1, 0.15) is 0 Å². The van der Waals surface area contributed by atoms with E-state index in [-0.39, 0.29) is 11.9 Å². The van der Waals surface area contributed by atoms with E-state index in [2.05, 4.69) is 47.5 Å². The number of anilines is 3. The fourth-order valence-corrected chi connectivity index (χ4v) is 3.23. The Kier molecular flexibility index (Phi) is 10.2. The van der Waals surface area contributed by atoms with Gasteiger partial charge in [0.25, 0.3) is 0 Å². The molecule has 0 aliphatic heterocycles. The molecule has 0 fully saturated rings. The molecular weight excluding hydrogens is 312 g/mol. The first-order valence-electron chi connectivity index (χ1n) is 10.1. The Labute approximate surface area is 153 Å². The van der Waals surface area contributed by atoms with Crippen LogP contribution in [0, 0.1) is 11.8 Å². The lowest BCUT2D eigenvalue weighted by Gasteiger charge is -2.30. The van der Waals surface area contributed by atoms with Gasteiger partial charge in [0.2, 0.25) is 17.8 Å². The van der Waals surface area contributed by atoms with Gasteiger partial charge in [-0.1, -0.05) is 66.2 Å². The van der Waals surface area contributed by atoms with Gasteiger partial charge in [0.05, 0.1) is 0 Å². The Morgan fingerprint density at radius 1 is 0.760 bits per heavy atom. The molecule has 1 rings (SSSR count). The SMILES string of the molecule is CCCCC(CC)CN(CC(CC)CCCC)c1nc(N)nc(N)n1. The number of hydrogen-bond donors (Lipinski definition) is 2. The minimum atomic E-state index is 0.204. The van der Waals surface area contributed by atoms with Gasteiger partial charge in [-0.25, -0.2) is 0 Å². The molecule has 4 N–H and O–H groups in total. The summed E-state index contributed by atoms with van der Waals surface area (Å²) in [6, 6.07) is 0. The number of nitrogens with zero attached hydrogens (tertiary/aromatic N) is 4. The average molecular weight is 351 g/mol. The fraction of sp³-hybridized carbons (Fsp3) is 0.842. The normalized spacial score (nSPS) is 13.6. The Morgan fingerprint density at radius 3 is 1.56 bits per heavy atom. The van der Waals surface area contributed by atoms with Crippen LogP contribution in [0.4, 0.5) is 17.8 Å². The van der Waals surface area contributed by atoms with Gasteiger partial charge in [0.15, 0.2) is 0 Å². The Hall–Kier alpha value is -1.59. The van der Waals surface area contributed by atoms with Crippen LogP contribution < -0.4 is 16.4 Å². The zero-order chi connectivity index (χ0) is 18.7. The van der Waals surface area contributed by atoms with E-state index in [1.807, 2.05) is 0 Å². The van der Waals surface area contributed by atoms with Crippen molar-refractivity contribution in [2.75, 3.05) is 29.5 Å². The van der Waals surface area contributed by atoms with E-state index in [0.717, 1.165) is 25.9 Å². The highest BCUT2D eigenvalue weighted by Gasteiger charge is 2.20. The molecule has 1 aromatic rings. The molecule has 0 saturated heterocycles. The predicted octanol–water partition coefficient (Wildman–Crippen LogP) is 4.28. The molecule has 144 valence electrons. The predicted molar refractivity (Wildman–Crippen MR) is 107 cm³/mol. The van der Waals surface area contributed by atoms with Crippen molar-refractivity contribution in [3.05, 3.63) is 0 Å². The van der Waals surface area contributed by atoms with Crippen LogP contribution in [-0.2, 0) is 0 Å². The van der Waals surface area contributed by atoms with Crippen LogP contribution in [0.1, 0.15) is 79.1 Å². The van der Waals surface area contributed by atoms with Crippen molar-refractivity contribution in [2.45, 2.75) is 79.1 Å². The van der Waals surface area contributed by atoms with Crippen LogP contribution in [0.3, 0.4) is 0 Å². The lowest BCUT2D eigenvalue weighted by molar-refractivity contribution is 0.400. The molecule has 6 heteroatoms. The van der Waals surface area contributed by atoms with Gasteiger partial charge in [-0.2, -0.15) is 15.0 Å². The lowest BCUT2D eigenvalue weighted by atomic mass is 9.96.